The van der Waals surface area contributed by atoms with Crippen molar-refractivity contribution in [2.24, 2.45) is 0 Å². The molecular weight excluding hydrogens is 750 g/mol. The monoisotopic (exact) mass is 762 g/mol. The van der Waals surface area contributed by atoms with Crippen molar-refractivity contribution < 1.29 is 53.4 Å². The molecule has 0 saturated carbocycles. The second-order valence-electron chi connectivity index (χ2n) is 11.2. The molecule has 0 radical (unpaired) electrons. The van der Waals surface area contributed by atoms with E-state index in [1.807, 2.05) is 0 Å². The van der Waals surface area contributed by atoms with Gasteiger partial charge in [-0.15, -0.1) is 0 Å². The Kier molecular flexibility index (Phi) is 8.00. The van der Waals surface area contributed by atoms with E-state index in [2.05, 4.69) is 0 Å². The second-order valence-corrected chi connectivity index (χ2v) is 11.2. The maximum Gasteiger partial charge on any atom is 0.270 e. The van der Waals surface area contributed by atoms with Crippen LogP contribution in [0.3, 0.4) is 0 Å². The third kappa shape index (κ3) is 4.89. The summed E-state index contributed by atoms with van der Waals surface area (Å²) >= 11 is 0. The van der Waals surface area contributed by atoms with Crippen molar-refractivity contribution in [2.45, 2.75) is 0 Å². The minimum Gasteiger partial charge on any atom is -0.449 e. The lowest BCUT2D eigenvalue weighted by Gasteiger charge is -2.14. The molecule has 7 rings (SSSR count). The van der Waals surface area contributed by atoms with Crippen LogP contribution in [0.1, 0.15) is 0 Å². The number of anilines is 2. The molecule has 0 aliphatic heterocycles. The lowest BCUT2D eigenvalue weighted by atomic mass is 10.1. The van der Waals surface area contributed by atoms with E-state index in [0.717, 1.165) is 48.5 Å². The second kappa shape index (κ2) is 12.2. The van der Waals surface area contributed by atoms with Gasteiger partial charge in [0.1, 0.15) is 21.5 Å². The Bertz CT molecular complexity index is 2650. The van der Waals surface area contributed by atoms with Crippen molar-refractivity contribution in [1.29, 1.82) is 0 Å². The number of nitrogen functional groups attached to an aromatic ring is 2. The topological polar surface area (TPSA) is 149 Å². The van der Waals surface area contributed by atoms with E-state index in [0.29, 0.717) is 0 Å². The largest absolute Gasteiger partial charge is 0.449 e. The summed E-state index contributed by atoms with van der Waals surface area (Å²) in [5, 5.41) is -5.45. The molecule has 20 heteroatoms. The number of aromatic nitrogens is 2. The molecule has 54 heavy (non-hydrogen) atoms. The fraction of sp³-hybridized carbons (Fsp3) is 0. The van der Waals surface area contributed by atoms with Crippen LogP contribution in [0, 0.1) is 58.2 Å². The molecule has 7 aromatic rings. The van der Waals surface area contributed by atoms with Crippen molar-refractivity contribution in [3.8, 4) is 34.4 Å². The lowest BCUT2D eigenvalue weighted by Crippen LogP contribution is -2.24. The van der Waals surface area contributed by atoms with E-state index >= 15 is 17.6 Å². The van der Waals surface area contributed by atoms with Crippen molar-refractivity contribution >= 4 is 32.9 Å². The molecule has 0 spiro atoms. The summed E-state index contributed by atoms with van der Waals surface area (Å²) in [5.74, 6) is -33.7. The summed E-state index contributed by atoms with van der Waals surface area (Å²) in [6.07, 6.45) is 0. The summed E-state index contributed by atoms with van der Waals surface area (Å²) in [6, 6.07) is 8.75. The SMILES string of the molecule is Nc1ccc(-n2c(=O)c3c(Oc4c(F)c(F)c(F)c(F)c4F)c4c(=O)n(-c5ccc(N)cc5)c(=O)c4c(Oc4c(F)c(F)c(F)c(F)c4F)c3c2=O)cc1. The highest BCUT2D eigenvalue weighted by molar-refractivity contribution is 6.11. The van der Waals surface area contributed by atoms with Crippen LogP contribution < -0.4 is 43.2 Å². The fourth-order valence-electron chi connectivity index (χ4n) is 5.62. The van der Waals surface area contributed by atoms with Gasteiger partial charge in [-0.05, 0) is 48.5 Å². The van der Waals surface area contributed by atoms with Crippen LogP contribution in [0.5, 0.6) is 23.0 Å². The minimum atomic E-state index is -2.67. The molecule has 0 unspecified atom stereocenters. The number of fused-ring (bicyclic) bond motifs is 2. The molecule has 274 valence electrons. The third-order valence-corrected chi connectivity index (χ3v) is 8.13. The first-order valence-corrected chi connectivity index (χ1v) is 14.6. The quantitative estimate of drug-likeness (QED) is 0.0904. The number of benzene rings is 5. The molecule has 0 amide bonds. The molecule has 0 aliphatic carbocycles. The van der Waals surface area contributed by atoms with E-state index in [1.54, 1.807) is 0 Å². The van der Waals surface area contributed by atoms with Crippen LogP contribution >= 0.6 is 0 Å². The van der Waals surface area contributed by atoms with Gasteiger partial charge < -0.3 is 20.9 Å². The van der Waals surface area contributed by atoms with E-state index in [4.69, 9.17) is 20.9 Å². The zero-order valence-corrected chi connectivity index (χ0v) is 25.9. The number of nitrogens with zero attached hydrogens (tertiary/aromatic N) is 2. The highest BCUT2D eigenvalue weighted by atomic mass is 19.2. The van der Waals surface area contributed by atoms with Crippen LogP contribution in [-0.2, 0) is 0 Å². The maximum atomic E-state index is 15.1. The molecule has 0 bridgehead atoms. The molecular formula is C34H12F10N4O6. The summed E-state index contributed by atoms with van der Waals surface area (Å²) < 4.78 is 156. The first-order valence-electron chi connectivity index (χ1n) is 14.6. The van der Waals surface area contributed by atoms with Gasteiger partial charge in [0.05, 0.1) is 11.4 Å². The Balaban J connectivity index is 1.73. The average molecular weight is 762 g/mol. The third-order valence-electron chi connectivity index (χ3n) is 8.13. The smallest absolute Gasteiger partial charge is 0.270 e. The van der Waals surface area contributed by atoms with Crippen LogP contribution in [0.25, 0.3) is 32.9 Å². The Morgan fingerprint density at radius 1 is 0.352 bits per heavy atom. The van der Waals surface area contributed by atoms with Gasteiger partial charge in [0, 0.05) is 11.4 Å². The summed E-state index contributed by atoms with van der Waals surface area (Å²) in [7, 11) is 0. The number of ether oxygens (including phenoxy) is 2. The predicted molar refractivity (Wildman–Crippen MR) is 169 cm³/mol. The Hall–Kier alpha value is -7.12. The molecule has 0 aliphatic rings. The van der Waals surface area contributed by atoms with E-state index in [-0.39, 0.29) is 31.9 Å². The van der Waals surface area contributed by atoms with Crippen molar-refractivity contribution in [3.63, 3.8) is 0 Å². The fourth-order valence-corrected chi connectivity index (χ4v) is 5.62. The summed E-state index contributed by atoms with van der Waals surface area (Å²) in [5.41, 5.74) is 4.10. The zero-order chi connectivity index (χ0) is 39.2. The highest BCUT2D eigenvalue weighted by Gasteiger charge is 2.37. The van der Waals surface area contributed by atoms with Crippen LogP contribution in [0.4, 0.5) is 55.3 Å². The maximum absolute atomic E-state index is 15.1. The Morgan fingerprint density at radius 3 is 0.815 bits per heavy atom. The van der Waals surface area contributed by atoms with Gasteiger partial charge in [-0.25, -0.2) is 35.5 Å². The van der Waals surface area contributed by atoms with Crippen LogP contribution in [0.2, 0.25) is 0 Å². The number of hydrogen-bond acceptors (Lipinski definition) is 8. The van der Waals surface area contributed by atoms with Crippen molar-refractivity contribution in [1.82, 2.24) is 9.13 Å². The summed E-state index contributed by atoms with van der Waals surface area (Å²) in [6.45, 7) is 0. The Morgan fingerprint density at radius 2 is 0.574 bits per heavy atom. The van der Waals surface area contributed by atoms with Gasteiger partial charge in [0.2, 0.25) is 69.7 Å². The number of rotatable bonds is 6. The van der Waals surface area contributed by atoms with E-state index in [1.165, 1.54) is 0 Å². The molecule has 10 nitrogen and oxygen atoms in total. The average Bonchev–Trinajstić information content (AvgIpc) is 3.57. The highest BCUT2D eigenvalue weighted by Crippen LogP contribution is 2.45. The van der Waals surface area contributed by atoms with E-state index < -0.39 is 125 Å². The number of nitrogens with two attached hydrogens (primary N) is 2. The summed E-state index contributed by atoms with van der Waals surface area (Å²) in [4.78, 5) is 56.5. The first-order chi connectivity index (χ1) is 25.5. The molecule has 5 aromatic carbocycles. The molecule has 0 fully saturated rings. The van der Waals surface area contributed by atoms with Gasteiger partial charge in [0.25, 0.3) is 22.2 Å². The first kappa shape index (κ1) is 35.3. The van der Waals surface area contributed by atoms with Gasteiger partial charge in [-0.3, -0.25) is 19.2 Å². The lowest BCUT2D eigenvalue weighted by molar-refractivity contribution is 0.333. The number of hydrogen-bond donors (Lipinski definition) is 2. The molecule has 2 aromatic heterocycles. The molecule has 0 saturated heterocycles. The number of halogens is 10. The van der Waals surface area contributed by atoms with Gasteiger partial charge >= 0.3 is 0 Å². The van der Waals surface area contributed by atoms with Gasteiger partial charge in [-0.2, -0.15) is 17.6 Å². The standard InChI is InChI=1S/C34H12F10N4O6/c35-17-19(37)23(41)29(24(42)20(17)38)53-27-13-14(32(50)47(31(13)49)11-5-1-9(45)2-6-11)28(54-30-25(43)21(39)18(36)22(40)26(30)44)16-15(27)33(51)48(34(16)52)12-7-3-10(46)4-8-12/h1-8H,45-46H2. The van der Waals surface area contributed by atoms with Crippen LogP contribution in [-0.4, -0.2) is 9.13 Å². The van der Waals surface area contributed by atoms with Crippen molar-refractivity contribution in [3.05, 3.63) is 148 Å². The zero-order valence-electron chi connectivity index (χ0n) is 25.9. The van der Waals surface area contributed by atoms with Crippen LogP contribution in [0.15, 0.2) is 67.7 Å². The van der Waals surface area contributed by atoms with Gasteiger partial charge in [0.15, 0.2) is 11.5 Å². The molecule has 4 N–H and O–H groups in total. The Labute approximate surface area is 289 Å². The normalized spacial score (nSPS) is 11.6. The van der Waals surface area contributed by atoms with Gasteiger partial charge in [-0.1, -0.05) is 0 Å². The van der Waals surface area contributed by atoms with Crippen molar-refractivity contribution in [2.75, 3.05) is 11.5 Å². The van der Waals surface area contributed by atoms with E-state index in [9.17, 15) is 45.5 Å². The molecule has 0 atom stereocenters. The molecule has 2 heterocycles. The minimum absolute atomic E-state index is 0.0685. The predicted octanol–water partition coefficient (Wildman–Crippen LogP) is 6.03.